The number of aromatic nitrogens is 6. The van der Waals surface area contributed by atoms with Crippen LogP contribution >= 0.6 is 0 Å². The number of carbonyl (C=O) groups excluding carboxylic acids is 1. The van der Waals surface area contributed by atoms with Crippen LogP contribution in [0.4, 0.5) is 11.6 Å². The zero-order chi connectivity index (χ0) is 23.1. The lowest BCUT2D eigenvalue weighted by Gasteiger charge is -2.08. The Labute approximate surface area is 191 Å². The lowest BCUT2D eigenvalue weighted by molar-refractivity contribution is -0.117. The van der Waals surface area contributed by atoms with E-state index in [2.05, 4.69) is 66.0 Å². The van der Waals surface area contributed by atoms with E-state index in [0.717, 1.165) is 35.1 Å². The summed E-state index contributed by atoms with van der Waals surface area (Å²) in [6, 6.07) is 3.74. The predicted octanol–water partition coefficient (Wildman–Crippen LogP) is 2.90. The number of nitrogens with one attached hydrogen (secondary N) is 2. The maximum absolute atomic E-state index is 12.4. The molecular formula is C24H24N8O. The highest BCUT2D eigenvalue weighted by Crippen LogP contribution is 2.38. The number of fused-ring (bicyclic) bond motifs is 2. The van der Waals surface area contributed by atoms with E-state index >= 15 is 0 Å². The molecule has 0 unspecified atom stereocenters. The van der Waals surface area contributed by atoms with E-state index in [0.29, 0.717) is 34.3 Å². The van der Waals surface area contributed by atoms with E-state index in [1.165, 1.54) is 0 Å². The highest BCUT2D eigenvalue weighted by Gasteiger charge is 2.39. The minimum absolute atomic E-state index is 0.0215. The van der Waals surface area contributed by atoms with Gasteiger partial charge in [-0.2, -0.15) is 0 Å². The number of carbonyl (C=O) groups is 1. The Balaban J connectivity index is 1.53. The normalized spacial score (nSPS) is 17.0. The fraction of sp³-hybridized carbons (Fsp3) is 0.333. The maximum atomic E-state index is 12.4. The van der Waals surface area contributed by atoms with E-state index in [-0.39, 0.29) is 11.8 Å². The number of pyridine rings is 2. The van der Waals surface area contributed by atoms with Crippen LogP contribution in [0, 0.1) is 23.7 Å². The van der Waals surface area contributed by atoms with Gasteiger partial charge in [0.1, 0.15) is 22.6 Å². The third kappa shape index (κ3) is 3.84. The summed E-state index contributed by atoms with van der Waals surface area (Å²) in [5.74, 6) is 8.75. The Bertz CT molecular complexity index is 1460. The first kappa shape index (κ1) is 20.8. The van der Waals surface area contributed by atoms with Gasteiger partial charge in [-0.15, -0.1) is 10.2 Å². The van der Waals surface area contributed by atoms with Crippen molar-refractivity contribution in [3.63, 3.8) is 0 Å². The summed E-state index contributed by atoms with van der Waals surface area (Å²) in [6.45, 7) is 4.14. The van der Waals surface area contributed by atoms with Crippen molar-refractivity contribution >= 4 is 39.5 Å². The van der Waals surface area contributed by atoms with Gasteiger partial charge in [-0.05, 0) is 30.4 Å². The van der Waals surface area contributed by atoms with Gasteiger partial charge >= 0.3 is 0 Å². The second kappa shape index (κ2) is 8.13. The van der Waals surface area contributed by atoms with Crippen molar-refractivity contribution in [2.24, 2.45) is 18.9 Å². The summed E-state index contributed by atoms with van der Waals surface area (Å²) < 4.78 is 2.06. The van der Waals surface area contributed by atoms with Crippen molar-refractivity contribution in [2.75, 3.05) is 17.7 Å². The molecule has 2 atom stereocenters. The number of rotatable bonds is 4. The molecule has 4 aromatic rings. The molecule has 166 valence electrons. The van der Waals surface area contributed by atoms with Crippen LogP contribution in [-0.4, -0.2) is 42.7 Å². The molecule has 9 heteroatoms. The van der Waals surface area contributed by atoms with Crippen LogP contribution in [0.5, 0.6) is 0 Å². The first-order valence-electron chi connectivity index (χ1n) is 11.0. The van der Waals surface area contributed by atoms with Crippen LogP contribution in [0.3, 0.4) is 0 Å². The number of imidazole rings is 1. The molecule has 4 heterocycles. The van der Waals surface area contributed by atoms with E-state index in [1.807, 2.05) is 13.1 Å². The van der Waals surface area contributed by atoms with Gasteiger partial charge in [-0.3, -0.25) is 4.79 Å². The summed E-state index contributed by atoms with van der Waals surface area (Å²) >= 11 is 0. The number of amides is 1. The topological polar surface area (TPSA) is 111 Å². The molecule has 0 aliphatic heterocycles. The maximum Gasteiger partial charge on any atom is 0.228 e. The molecule has 0 aromatic carbocycles. The summed E-state index contributed by atoms with van der Waals surface area (Å²) in [7, 11) is 3.77. The minimum Gasteiger partial charge on any atom is -0.371 e. The molecule has 0 spiro atoms. The number of nitrogens with zero attached hydrogens (tertiary/aromatic N) is 6. The van der Waals surface area contributed by atoms with Crippen molar-refractivity contribution in [1.82, 2.24) is 29.7 Å². The third-order valence-corrected chi connectivity index (χ3v) is 6.07. The highest BCUT2D eigenvalue weighted by atomic mass is 16.2. The van der Waals surface area contributed by atoms with E-state index in [4.69, 9.17) is 0 Å². The van der Waals surface area contributed by atoms with Gasteiger partial charge < -0.3 is 15.2 Å². The summed E-state index contributed by atoms with van der Waals surface area (Å²) in [4.78, 5) is 25.8. The van der Waals surface area contributed by atoms with E-state index in [9.17, 15) is 4.79 Å². The smallest absolute Gasteiger partial charge is 0.228 e. The number of anilines is 2. The molecule has 2 N–H and O–H groups in total. The van der Waals surface area contributed by atoms with Gasteiger partial charge in [0.2, 0.25) is 5.91 Å². The molecule has 0 bridgehead atoms. The first-order chi connectivity index (χ1) is 16.0. The van der Waals surface area contributed by atoms with E-state index in [1.54, 1.807) is 25.5 Å². The zero-order valence-corrected chi connectivity index (χ0v) is 19.0. The van der Waals surface area contributed by atoms with Gasteiger partial charge in [-0.25, -0.2) is 15.0 Å². The Hall–Kier alpha value is -4.06. The molecule has 4 aromatic heterocycles. The van der Waals surface area contributed by atoms with Crippen LogP contribution in [0.25, 0.3) is 21.9 Å². The fourth-order valence-corrected chi connectivity index (χ4v) is 3.94. The molecule has 1 aliphatic rings. The minimum atomic E-state index is -0.0215. The molecule has 1 saturated carbocycles. The summed E-state index contributed by atoms with van der Waals surface area (Å²) in [5.41, 5.74) is 3.74. The molecule has 1 aliphatic carbocycles. The molecule has 0 radical (unpaired) electrons. The van der Waals surface area contributed by atoms with Gasteiger partial charge in [-0.1, -0.05) is 19.8 Å². The number of hydrogen-bond acceptors (Lipinski definition) is 7. The SMILES string of the molecule is CCc1nc2cnc(C#Cc3cnc(NC)c4nnc(NC(=O)[C@H]5C[C@H]5C)cc34)cc2n1C. The quantitative estimate of drug-likeness (QED) is 0.470. The second-order valence-electron chi connectivity index (χ2n) is 8.32. The van der Waals surface area contributed by atoms with E-state index < -0.39 is 0 Å². The monoisotopic (exact) mass is 440 g/mol. The molecular weight excluding hydrogens is 416 g/mol. The lowest BCUT2D eigenvalue weighted by atomic mass is 10.1. The van der Waals surface area contributed by atoms with Crippen LogP contribution in [0.1, 0.15) is 37.4 Å². The van der Waals surface area contributed by atoms with Crippen LogP contribution in [0.15, 0.2) is 24.5 Å². The standard InChI is InChI=1S/C24H24N8O/c1-5-21-28-18-12-26-15(9-19(18)32(21)4)7-6-14-11-27-23(25-3)22-17(14)10-20(30-31-22)29-24(33)16-8-13(16)2/h9-13,16H,5,8H2,1-4H3,(H,25,27)(H,29,30,33)/t13-,16+/m1/s1. The Morgan fingerprint density at radius 1 is 1.21 bits per heavy atom. The predicted molar refractivity (Wildman–Crippen MR) is 127 cm³/mol. The van der Waals surface area contributed by atoms with Crippen molar-refractivity contribution in [1.29, 1.82) is 0 Å². The molecule has 9 nitrogen and oxygen atoms in total. The Kier molecular flexibility index (Phi) is 5.13. The molecule has 1 amide bonds. The van der Waals surface area contributed by atoms with Crippen molar-refractivity contribution in [3.05, 3.63) is 41.6 Å². The molecule has 5 rings (SSSR count). The van der Waals surface area contributed by atoms with Crippen LogP contribution < -0.4 is 10.6 Å². The number of hydrogen-bond donors (Lipinski definition) is 2. The average molecular weight is 441 g/mol. The largest absolute Gasteiger partial charge is 0.371 e. The first-order valence-corrected chi connectivity index (χ1v) is 11.0. The number of aryl methyl sites for hydroxylation is 2. The van der Waals surface area contributed by atoms with Crippen LogP contribution in [-0.2, 0) is 18.3 Å². The van der Waals surface area contributed by atoms with Crippen LogP contribution in [0.2, 0.25) is 0 Å². The van der Waals surface area contributed by atoms with Gasteiger partial charge in [0.25, 0.3) is 0 Å². The highest BCUT2D eigenvalue weighted by molar-refractivity contribution is 5.97. The zero-order valence-electron chi connectivity index (χ0n) is 19.0. The van der Waals surface area contributed by atoms with Gasteiger partial charge in [0.15, 0.2) is 11.6 Å². The van der Waals surface area contributed by atoms with Crippen molar-refractivity contribution in [3.8, 4) is 11.8 Å². The van der Waals surface area contributed by atoms with Gasteiger partial charge in [0, 0.05) is 38.0 Å². The molecule has 33 heavy (non-hydrogen) atoms. The van der Waals surface area contributed by atoms with Gasteiger partial charge in [0.05, 0.1) is 17.3 Å². The summed E-state index contributed by atoms with van der Waals surface area (Å²) in [6.07, 6.45) is 5.19. The Morgan fingerprint density at radius 2 is 2.03 bits per heavy atom. The van der Waals surface area contributed by atoms with Crippen molar-refractivity contribution in [2.45, 2.75) is 26.7 Å². The van der Waals surface area contributed by atoms with Crippen molar-refractivity contribution < 1.29 is 4.79 Å². The fourth-order valence-electron chi connectivity index (χ4n) is 3.94. The average Bonchev–Trinajstić information content (AvgIpc) is 3.48. The molecule has 0 saturated heterocycles. The summed E-state index contributed by atoms with van der Waals surface area (Å²) in [5, 5.41) is 15.1. The second-order valence-corrected chi connectivity index (χ2v) is 8.32. The third-order valence-electron chi connectivity index (χ3n) is 6.07. The lowest BCUT2D eigenvalue weighted by Crippen LogP contribution is -2.16. The Morgan fingerprint density at radius 3 is 2.76 bits per heavy atom. The molecule has 1 fully saturated rings.